The smallest absolute Gasteiger partial charge is 0.264 e. The first-order valence-electron chi connectivity index (χ1n) is 10.1. The molecule has 0 aliphatic carbocycles. The molecule has 0 aliphatic rings. The van der Waals surface area contributed by atoms with Gasteiger partial charge in [0.05, 0.1) is 16.6 Å². The Bertz CT molecular complexity index is 1220. The van der Waals surface area contributed by atoms with Gasteiger partial charge in [-0.1, -0.05) is 42.5 Å². The predicted molar refractivity (Wildman–Crippen MR) is 125 cm³/mol. The van der Waals surface area contributed by atoms with E-state index < -0.39 is 10.0 Å². The van der Waals surface area contributed by atoms with Gasteiger partial charge in [-0.2, -0.15) is 0 Å². The Balaban J connectivity index is 1.84. The zero-order valence-electron chi connectivity index (χ0n) is 18.5. The topological polar surface area (TPSA) is 66.5 Å². The third kappa shape index (κ3) is 4.80. The molecular formula is C25H28N2O3S. The summed E-state index contributed by atoms with van der Waals surface area (Å²) in [6.07, 6.45) is 0. The summed E-state index contributed by atoms with van der Waals surface area (Å²) < 4.78 is 27.6. The van der Waals surface area contributed by atoms with E-state index in [1.165, 1.54) is 29.0 Å². The van der Waals surface area contributed by atoms with Crippen LogP contribution in [0.15, 0.2) is 71.6 Å². The van der Waals surface area contributed by atoms with Crippen LogP contribution in [0.5, 0.6) is 0 Å². The normalized spacial score (nSPS) is 12.3. The maximum absolute atomic E-state index is 13.2. The van der Waals surface area contributed by atoms with Gasteiger partial charge >= 0.3 is 0 Å². The number of sulfonamides is 1. The fraction of sp³-hybridized carbons (Fsp3) is 0.240. The van der Waals surface area contributed by atoms with Gasteiger partial charge in [-0.05, 0) is 74.2 Å². The van der Waals surface area contributed by atoms with Crippen LogP contribution >= 0.6 is 0 Å². The van der Waals surface area contributed by atoms with Crippen molar-refractivity contribution in [2.75, 3.05) is 11.4 Å². The molecule has 3 aromatic rings. The number of carbonyl (C=O) groups is 1. The summed E-state index contributed by atoms with van der Waals surface area (Å²) in [7, 11) is -2.29. The average molecular weight is 437 g/mol. The lowest BCUT2D eigenvalue weighted by atomic mass is 10.0. The van der Waals surface area contributed by atoms with Crippen LogP contribution in [0.4, 0.5) is 5.69 Å². The van der Waals surface area contributed by atoms with Gasteiger partial charge in [0, 0.05) is 12.6 Å². The summed E-state index contributed by atoms with van der Waals surface area (Å²) in [5.74, 6) is -0.318. The molecule has 0 saturated carbocycles. The van der Waals surface area contributed by atoms with Crippen molar-refractivity contribution in [2.24, 2.45) is 0 Å². The van der Waals surface area contributed by atoms with Crippen LogP contribution in [0.2, 0.25) is 0 Å². The number of amides is 1. The third-order valence-corrected chi connectivity index (χ3v) is 7.36. The van der Waals surface area contributed by atoms with Crippen LogP contribution < -0.4 is 9.62 Å². The van der Waals surface area contributed by atoms with Gasteiger partial charge in [0.1, 0.15) is 0 Å². The van der Waals surface area contributed by atoms with Crippen LogP contribution in [0.25, 0.3) is 0 Å². The molecule has 0 aliphatic heterocycles. The number of nitrogens with one attached hydrogen (secondary N) is 1. The summed E-state index contributed by atoms with van der Waals surface area (Å²) in [6, 6.07) is 19.3. The highest BCUT2D eigenvalue weighted by Gasteiger charge is 2.23. The average Bonchev–Trinajstić information content (AvgIpc) is 2.75. The minimum atomic E-state index is -3.81. The molecule has 162 valence electrons. The number of rotatable bonds is 6. The molecule has 0 spiro atoms. The Morgan fingerprint density at radius 2 is 1.58 bits per heavy atom. The van der Waals surface area contributed by atoms with E-state index >= 15 is 0 Å². The Morgan fingerprint density at radius 3 is 2.26 bits per heavy atom. The second-order valence-electron chi connectivity index (χ2n) is 7.83. The number of hydrogen-bond donors (Lipinski definition) is 1. The van der Waals surface area contributed by atoms with E-state index in [2.05, 4.69) is 11.4 Å². The number of anilines is 1. The molecule has 0 bridgehead atoms. The van der Waals surface area contributed by atoms with Crippen molar-refractivity contribution in [1.82, 2.24) is 5.32 Å². The Morgan fingerprint density at radius 1 is 0.871 bits per heavy atom. The molecule has 31 heavy (non-hydrogen) atoms. The maximum Gasteiger partial charge on any atom is 0.264 e. The molecule has 0 unspecified atom stereocenters. The number of aryl methyl sites for hydroxylation is 3. The van der Waals surface area contributed by atoms with Crippen molar-refractivity contribution in [3.63, 3.8) is 0 Å². The van der Waals surface area contributed by atoms with E-state index in [1.54, 1.807) is 24.3 Å². The van der Waals surface area contributed by atoms with E-state index in [-0.39, 0.29) is 16.8 Å². The first-order valence-corrected chi connectivity index (χ1v) is 11.6. The Hall–Kier alpha value is -3.12. The molecule has 0 aromatic heterocycles. The van der Waals surface area contributed by atoms with Gasteiger partial charge in [-0.3, -0.25) is 9.10 Å². The summed E-state index contributed by atoms with van der Waals surface area (Å²) in [5.41, 5.74) is 5.10. The monoisotopic (exact) mass is 436 g/mol. The standard InChI is InChI=1S/C25H28N2O3S/c1-17-13-14-21(15-19(17)3)20(4)26-25(28)22-10-8-11-23(16-22)31(29,30)27(5)24-12-7-6-9-18(24)2/h6-16,20H,1-5H3,(H,26,28)/t20-/m0/s1. The summed E-state index contributed by atoms with van der Waals surface area (Å²) in [4.78, 5) is 12.9. The van der Waals surface area contributed by atoms with E-state index in [1.807, 2.05) is 52.0 Å². The molecule has 1 amide bonds. The minimum Gasteiger partial charge on any atom is -0.346 e. The van der Waals surface area contributed by atoms with Gasteiger partial charge in [-0.15, -0.1) is 0 Å². The lowest BCUT2D eigenvalue weighted by Crippen LogP contribution is -2.29. The Kier molecular flexibility index (Phi) is 6.51. The summed E-state index contributed by atoms with van der Waals surface area (Å²) >= 11 is 0. The number of nitrogens with zero attached hydrogens (tertiary/aromatic N) is 1. The van der Waals surface area contributed by atoms with Gasteiger partial charge in [-0.25, -0.2) is 8.42 Å². The SMILES string of the molecule is Cc1ccc([C@H](C)NC(=O)c2cccc(S(=O)(=O)N(C)c3ccccc3C)c2)cc1C. The number of hydrogen-bond acceptors (Lipinski definition) is 3. The van der Waals surface area contributed by atoms with E-state index in [0.717, 1.165) is 16.7 Å². The second kappa shape index (κ2) is 8.94. The van der Waals surface area contributed by atoms with Crippen molar-refractivity contribution in [3.8, 4) is 0 Å². The summed E-state index contributed by atoms with van der Waals surface area (Å²) in [5, 5.41) is 2.96. The predicted octanol–water partition coefficient (Wildman–Crippen LogP) is 4.93. The zero-order valence-corrected chi connectivity index (χ0v) is 19.3. The molecule has 0 heterocycles. The van der Waals surface area contributed by atoms with E-state index in [0.29, 0.717) is 11.3 Å². The number of benzene rings is 3. The molecule has 0 radical (unpaired) electrons. The van der Waals surface area contributed by atoms with Crippen LogP contribution in [-0.4, -0.2) is 21.4 Å². The second-order valence-corrected chi connectivity index (χ2v) is 9.79. The van der Waals surface area contributed by atoms with Crippen LogP contribution in [0.1, 0.15) is 45.6 Å². The first kappa shape index (κ1) is 22.6. The van der Waals surface area contributed by atoms with Gasteiger partial charge in [0.2, 0.25) is 0 Å². The van der Waals surface area contributed by atoms with Gasteiger partial charge in [0.15, 0.2) is 0 Å². The maximum atomic E-state index is 13.2. The fourth-order valence-electron chi connectivity index (χ4n) is 3.40. The number of para-hydroxylation sites is 1. The molecule has 6 heteroatoms. The third-order valence-electron chi connectivity index (χ3n) is 5.59. The van der Waals surface area contributed by atoms with Crippen molar-refractivity contribution in [2.45, 2.75) is 38.6 Å². The van der Waals surface area contributed by atoms with Gasteiger partial charge in [0.25, 0.3) is 15.9 Å². The molecule has 1 atom stereocenters. The van der Waals surface area contributed by atoms with Crippen molar-refractivity contribution < 1.29 is 13.2 Å². The largest absolute Gasteiger partial charge is 0.346 e. The lowest BCUT2D eigenvalue weighted by molar-refractivity contribution is 0.0939. The van der Waals surface area contributed by atoms with Crippen LogP contribution in [0, 0.1) is 20.8 Å². The lowest BCUT2D eigenvalue weighted by Gasteiger charge is -2.22. The van der Waals surface area contributed by atoms with Crippen LogP contribution in [-0.2, 0) is 10.0 Å². The van der Waals surface area contributed by atoms with E-state index in [4.69, 9.17) is 0 Å². The van der Waals surface area contributed by atoms with E-state index in [9.17, 15) is 13.2 Å². The highest BCUT2D eigenvalue weighted by Crippen LogP contribution is 2.25. The van der Waals surface area contributed by atoms with Gasteiger partial charge < -0.3 is 5.32 Å². The molecule has 0 saturated heterocycles. The Labute approximate surface area is 184 Å². The van der Waals surface area contributed by atoms with Crippen molar-refractivity contribution in [3.05, 3.63) is 94.5 Å². The molecular weight excluding hydrogens is 408 g/mol. The summed E-state index contributed by atoms with van der Waals surface area (Å²) in [6.45, 7) is 7.85. The molecule has 3 aromatic carbocycles. The molecule has 0 fully saturated rings. The molecule has 1 N–H and O–H groups in total. The zero-order chi connectivity index (χ0) is 22.8. The van der Waals surface area contributed by atoms with Crippen molar-refractivity contribution >= 4 is 21.6 Å². The number of carbonyl (C=O) groups excluding carboxylic acids is 1. The highest BCUT2D eigenvalue weighted by atomic mass is 32.2. The van der Waals surface area contributed by atoms with Crippen molar-refractivity contribution in [1.29, 1.82) is 0 Å². The minimum absolute atomic E-state index is 0.0738. The molecule has 5 nitrogen and oxygen atoms in total. The molecule has 3 rings (SSSR count). The first-order chi connectivity index (χ1) is 14.6. The van der Waals surface area contributed by atoms with Crippen LogP contribution in [0.3, 0.4) is 0 Å². The fourth-order valence-corrected chi connectivity index (χ4v) is 4.71. The quantitative estimate of drug-likeness (QED) is 0.596. The highest BCUT2D eigenvalue weighted by molar-refractivity contribution is 7.92.